The molecule has 1 aromatic carbocycles. The quantitative estimate of drug-likeness (QED) is 0.917. The molecule has 0 spiro atoms. The van der Waals surface area contributed by atoms with Gasteiger partial charge in [-0.25, -0.2) is 4.39 Å². The van der Waals surface area contributed by atoms with Crippen molar-refractivity contribution in [2.75, 3.05) is 32.7 Å². The number of amides is 1. The fourth-order valence-electron chi connectivity index (χ4n) is 2.52. The molecule has 116 valence electrons. The zero-order valence-electron chi connectivity index (χ0n) is 12.1. The van der Waals surface area contributed by atoms with Crippen molar-refractivity contribution in [1.29, 1.82) is 0 Å². The first-order chi connectivity index (χ1) is 9.97. The molecule has 4 nitrogen and oxygen atoms in total. The second-order valence-electron chi connectivity index (χ2n) is 5.41. The summed E-state index contributed by atoms with van der Waals surface area (Å²) in [6.07, 6.45) is -0.383. The molecule has 0 aliphatic carbocycles. The van der Waals surface area contributed by atoms with E-state index in [1.54, 1.807) is 17.9 Å². The van der Waals surface area contributed by atoms with Crippen LogP contribution in [0.1, 0.15) is 12.5 Å². The molecule has 1 saturated heterocycles. The van der Waals surface area contributed by atoms with E-state index < -0.39 is 5.82 Å². The predicted molar refractivity (Wildman–Crippen MR) is 79.8 cm³/mol. The maximum Gasteiger partial charge on any atom is 0.227 e. The third kappa shape index (κ3) is 4.40. The fraction of sp³-hybridized carbons (Fsp3) is 0.533. The van der Waals surface area contributed by atoms with Crippen LogP contribution in [0.25, 0.3) is 0 Å². The first kappa shape index (κ1) is 16.2. The Morgan fingerprint density at radius 3 is 2.62 bits per heavy atom. The molecule has 1 atom stereocenters. The molecular formula is C15H20ClFN2O2. The Hall–Kier alpha value is -1.17. The van der Waals surface area contributed by atoms with Crippen molar-refractivity contribution in [3.8, 4) is 0 Å². The fourth-order valence-corrected chi connectivity index (χ4v) is 2.75. The van der Waals surface area contributed by atoms with Gasteiger partial charge in [0.15, 0.2) is 0 Å². The molecule has 0 saturated carbocycles. The maximum atomic E-state index is 13.7. The summed E-state index contributed by atoms with van der Waals surface area (Å²) in [4.78, 5) is 16.1. The van der Waals surface area contributed by atoms with Gasteiger partial charge in [0, 0.05) is 43.3 Å². The van der Waals surface area contributed by atoms with E-state index >= 15 is 0 Å². The van der Waals surface area contributed by atoms with Gasteiger partial charge in [0.2, 0.25) is 5.91 Å². The minimum absolute atomic E-state index is 0.0120. The monoisotopic (exact) mass is 314 g/mol. The lowest BCUT2D eigenvalue weighted by molar-refractivity contribution is -0.132. The van der Waals surface area contributed by atoms with Crippen LogP contribution in [0.3, 0.4) is 0 Å². The molecule has 0 unspecified atom stereocenters. The largest absolute Gasteiger partial charge is 0.392 e. The number of aliphatic hydroxyl groups is 1. The Morgan fingerprint density at radius 2 is 2.05 bits per heavy atom. The van der Waals surface area contributed by atoms with E-state index in [0.29, 0.717) is 19.6 Å². The zero-order chi connectivity index (χ0) is 15.4. The van der Waals surface area contributed by atoms with E-state index in [1.165, 1.54) is 12.1 Å². The van der Waals surface area contributed by atoms with Gasteiger partial charge in [-0.15, -0.1) is 0 Å². The number of rotatable bonds is 4. The van der Waals surface area contributed by atoms with Crippen molar-refractivity contribution in [3.05, 3.63) is 34.6 Å². The number of carbonyl (C=O) groups excluding carboxylic acids is 1. The third-order valence-electron chi connectivity index (χ3n) is 3.64. The van der Waals surface area contributed by atoms with Crippen LogP contribution in [-0.2, 0) is 11.2 Å². The Kier molecular flexibility index (Phi) is 5.56. The van der Waals surface area contributed by atoms with Gasteiger partial charge in [-0.3, -0.25) is 9.69 Å². The van der Waals surface area contributed by atoms with Crippen molar-refractivity contribution >= 4 is 17.5 Å². The summed E-state index contributed by atoms with van der Waals surface area (Å²) in [5.41, 5.74) is 0.260. The first-order valence-electron chi connectivity index (χ1n) is 7.08. The van der Waals surface area contributed by atoms with Crippen molar-refractivity contribution in [3.63, 3.8) is 0 Å². The lowest BCUT2D eigenvalue weighted by atomic mass is 10.1. The third-order valence-corrected chi connectivity index (χ3v) is 3.99. The molecule has 1 aliphatic rings. The molecule has 0 aromatic heterocycles. The Morgan fingerprint density at radius 1 is 1.38 bits per heavy atom. The van der Waals surface area contributed by atoms with E-state index in [-0.39, 0.29) is 29.0 Å². The second-order valence-corrected chi connectivity index (χ2v) is 5.81. The number of β-amino-alcohol motifs (C(OH)–C–C–N with tert-alkyl or cyclic N) is 1. The Bertz CT molecular complexity index is 482. The summed E-state index contributed by atoms with van der Waals surface area (Å²) in [5, 5.41) is 9.65. The van der Waals surface area contributed by atoms with Gasteiger partial charge in [-0.05, 0) is 19.1 Å². The van der Waals surface area contributed by atoms with E-state index in [0.717, 1.165) is 13.1 Å². The van der Waals surface area contributed by atoms with Gasteiger partial charge in [-0.1, -0.05) is 17.7 Å². The highest BCUT2D eigenvalue weighted by atomic mass is 35.5. The predicted octanol–water partition coefficient (Wildman–Crippen LogP) is 1.55. The maximum absolute atomic E-state index is 13.7. The van der Waals surface area contributed by atoms with E-state index in [4.69, 9.17) is 11.6 Å². The molecule has 1 aromatic rings. The summed E-state index contributed by atoms with van der Waals surface area (Å²) in [7, 11) is 0. The van der Waals surface area contributed by atoms with Crippen LogP contribution in [0.15, 0.2) is 18.2 Å². The van der Waals surface area contributed by atoms with Crippen LogP contribution in [0, 0.1) is 5.82 Å². The van der Waals surface area contributed by atoms with Crippen molar-refractivity contribution in [2.24, 2.45) is 0 Å². The number of aliphatic hydroxyl groups excluding tert-OH is 1. The number of halogens is 2. The molecule has 0 bridgehead atoms. The van der Waals surface area contributed by atoms with Crippen LogP contribution in [0.4, 0.5) is 4.39 Å². The zero-order valence-corrected chi connectivity index (χ0v) is 12.8. The number of hydrogen-bond donors (Lipinski definition) is 1. The average Bonchev–Trinajstić information content (AvgIpc) is 2.43. The summed E-state index contributed by atoms with van der Waals surface area (Å²) in [6.45, 7) is 5.00. The smallest absolute Gasteiger partial charge is 0.227 e. The highest BCUT2D eigenvalue weighted by Gasteiger charge is 2.23. The van der Waals surface area contributed by atoms with Crippen LogP contribution < -0.4 is 0 Å². The van der Waals surface area contributed by atoms with E-state index in [2.05, 4.69) is 4.90 Å². The lowest BCUT2D eigenvalue weighted by Crippen LogP contribution is -2.50. The SMILES string of the molecule is C[C@H](O)CN1CCN(C(=O)Cc2c(F)cccc2Cl)CC1. The number of nitrogens with zero attached hydrogens (tertiary/aromatic N) is 2. The molecule has 0 radical (unpaired) electrons. The Balaban J connectivity index is 1.91. The number of hydrogen-bond acceptors (Lipinski definition) is 3. The molecule has 1 heterocycles. The standard InChI is InChI=1S/C15H20ClFN2O2/c1-11(20)10-18-5-7-19(8-6-18)15(21)9-12-13(16)3-2-4-14(12)17/h2-4,11,20H,5-10H2,1H3/t11-/m0/s1. The lowest BCUT2D eigenvalue weighted by Gasteiger charge is -2.35. The van der Waals surface area contributed by atoms with Crippen LogP contribution in [0.2, 0.25) is 5.02 Å². The Labute approximate surface area is 129 Å². The molecule has 1 amide bonds. The molecule has 1 aliphatic heterocycles. The van der Waals surface area contributed by atoms with Gasteiger partial charge in [0.1, 0.15) is 5.82 Å². The summed E-state index contributed by atoms with van der Waals surface area (Å²) < 4.78 is 13.7. The van der Waals surface area contributed by atoms with Gasteiger partial charge in [-0.2, -0.15) is 0 Å². The summed E-state index contributed by atoms with van der Waals surface area (Å²) >= 11 is 5.95. The van der Waals surface area contributed by atoms with E-state index in [9.17, 15) is 14.3 Å². The molecule has 2 rings (SSSR count). The minimum Gasteiger partial charge on any atom is -0.392 e. The summed E-state index contributed by atoms with van der Waals surface area (Å²) in [6, 6.07) is 4.43. The van der Waals surface area contributed by atoms with Gasteiger partial charge >= 0.3 is 0 Å². The minimum atomic E-state index is -0.441. The van der Waals surface area contributed by atoms with E-state index in [1.807, 2.05) is 0 Å². The summed E-state index contributed by atoms with van der Waals surface area (Å²) in [5.74, 6) is -0.553. The van der Waals surface area contributed by atoms with Gasteiger partial charge < -0.3 is 10.0 Å². The molecular weight excluding hydrogens is 295 g/mol. The van der Waals surface area contributed by atoms with Crippen molar-refractivity contribution < 1.29 is 14.3 Å². The number of carbonyl (C=O) groups is 1. The first-order valence-corrected chi connectivity index (χ1v) is 7.46. The van der Waals surface area contributed by atoms with Crippen LogP contribution >= 0.6 is 11.6 Å². The molecule has 1 N–H and O–H groups in total. The van der Waals surface area contributed by atoms with Crippen LogP contribution in [0.5, 0.6) is 0 Å². The van der Waals surface area contributed by atoms with Crippen molar-refractivity contribution in [2.45, 2.75) is 19.4 Å². The molecule has 1 fully saturated rings. The normalized spacial score (nSPS) is 17.8. The average molecular weight is 315 g/mol. The highest BCUT2D eigenvalue weighted by Crippen LogP contribution is 2.20. The van der Waals surface area contributed by atoms with Crippen LogP contribution in [-0.4, -0.2) is 59.6 Å². The molecule has 21 heavy (non-hydrogen) atoms. The van der Waals surface area contributed by atoms with Gasteiger partial charge in [0.05, 0.1) is 12.5 Å². The number of benzene rings is 1. The number of piperazine rings is 1. The highest BCUT2D eigenvalue weighted by molar-refractivity contribution is 6.31. The topological polar surface area (TPSA) is 43.8 Å². The molecule has 6 heteroatoms. The van der Waals surface area contributed by atoms with Crippen molar-refractivity contribution in [1.82, 2.24) is 9.80 Å². The van der Waals surface area contributed by atoms with Gasteiger partial charge in [0.25, 0.3) is 0 Å². The second kappa shape index (κ2) is 7.20.